The summed E-state index contributed by atoms with van der Waals surface area (Å²) in [5.41, 5.74) is 7.14. The molecule has 0 atom stereocenters. The zero-order valence-electron chi connectivity index (χ0n) is 14.8. The third-order valence-corrected chi connectivity index (χ3v) is 4.25. The molecule has 0 fully saturated rings. The summed E-state index contributed by atoms with van der Waals surface area (Å²) in [5.74, 6) is -0.0664. The molecule has 0 N–H and O–H groups in total. The normalized spacial score (nSPS) is 11.3. The largest absolute Gasteiger partial charge is 0.377 e. The van der Waals surface area contributed by atoms with Crippen molar-refractivity contribution in [3.63, 3.8) is 0 Å². The molecule has 22 heavy (non-hydrogen) atoms. The Kier molecular flexibility index (Phi) is 5.93. The maximum absolute atomic E-state index is 12.1. The number of carbonyl (C=O) groups excluding carboxylic acids is 1. The van der Waals surface area contributed by atoms with Gasteiger partial charge in [0, 0.05) is 26.2 Å². The first kappa shape index (κ1) is 18.0. The third-order valence-electron chi connectivity index (χ3n) is 4.25. The molecule has 0 spiro atoms. The Balaban J connectivity index is 3.57. The van der Waals surface area contributed by atoms with E-state index in [1.54, 1.807) is 6.08 Å². The van der Waals surface area contributed by atoms with Crippen LogP contribution in [0.3, 0.4) is 0 Å². The standard InChI is InChI=1S/C19H26N2O/c1-9-10-18(22)17(20-6)11-16-12(2)14(4)19(21(7)8)15(5)13(16)3/h11H,9-10H2,1-5,7-8H3/b17-11-. The predicted octanol–water partition coefficient (Wildman–Crippen LogP) is 4.62. The lowest BCUT2D eigenvalue weighted by molar-refractivity contribution is -0.115. The molecule has 1 aromatic rings. The maximum Gasteiger partial charge on any atom is 0.229 e. The van der Waals surface area contributed by atoms with Gasteiger partial charge in [-0.3, -0.25) is 0 Å². The molecule has 0 saturated heterocycles. The average molecular weight is 298 g/mol. The summed E-state index contributed by atoms with van der Waals surface area (Å²) >= 11 is 0. The molecule has 0 aliphatic rings. The Bertz CT molecular complexity index is 632. The SMILES string of the molecule is [C-]#[N+]/C(=C\c1c(C)c(C)c(N(C)C)c(C)c1C)C(=O)CCC. The molecule has 0 radical (unpaired) electrons. The summed E-state index contributed by atoms with van der Waals surface area (Å²) in [7, 11) is 4.08. The van der Waals surface area contributed by atoms with Gasteiger partial charge in [-0.25, -0.2) is 4.85 Å². The first-order chi connectivity index (χ1) is 10.3. The van der Waals surface area contributed by atoms with Crippen LogP contribution in [0.5, 0.6) is 0 Å². The Hall–Kier alpha value is -2.08. The predicted molar refractivity (Wildman–Crippen MR) is 94.2 cm³/mol. The van der Waals surface area contributed by atoms with E-state index < -0.39 is 0 Å². The van der Waals surface area contributed by atoms with Gasteiger partial charge in [-0.2, -0.15) is 0 Å². The third kappa shape index (κ3) is 3.39. The highest BCUT2D eigenvalue weighted by Gasteiger charge is 2.17. The van der Waals surface area contributed by atoms with Gasteiger partial charge in [-0.15, -0.1) is 0 Å². The average Bonchev–Trinajstić information content (AvgIpc) is 2.45. The van der Waals surface area contributed by atoms with Crippen molar-refractivity contribution in [1.29, 1.82) is 0 Å². The Morgan fingerprint density at radius 2 is 1.59 bits per heavy atom. The topological polar surface area (TPSA) is 24.7 Å². The molecule has 1 rings (SSSR count). The van der Waals surface area contributed by atoms with E-state index in [9.17, 15) is 4.79 Å². The van der Waals surface area contributed by atoms with E-state index in [1.165, 1.54) is 16.8 Å². The highest BCUT2D eigenvalue weighted by molar-refractivity contribution is 6.01. The quantitative estimate of drug-likeness (QED) is 0.585. The van der Waals surface area contributed by atoms with Crippen LogP contribution in [0.4, 0.5) is 5.69 Å². The van der Waals surface area contributed by atoms with Crippen molar-refractivity contribution in [2.45, 2.75) is 47.5 Å². The van der Waals surface area contributed by atoms with Crippen LogP contribution in [0.25, 0.3) is 10.9 Å². The van der Waals surface area contributed by atoms with E-state index in [-0.39, 0.29) is 11.5 Å². The van der Waals surface area contributed by atoms with Crippen molar-refractivity contribution in [2.24, 2.45) is 0 Å². The molecule has 0 aliphatic heterocycles. The van der Waals surface area contributed by atoms with Crippen molar-refractivity contribution in [3.05, 3.63) is 44.9 Å². The fourth-order valence-corrected chi connectivity index (χ4v) is 2.88. The summed E-state index contributed by atoms with van der Waals surface area (Å²) in [6.45, 7) is 17.6. The van der Waals surface area contributed by atoms with E-state index in [0.717, 1.165) is 23.1 Å². The molecule has 0 bridgehead atoms. The lowest BCUT2D eigenvalue weighted by atomic mass is 9.90. The fourth-order valence-electron chi connectivity index (χ4n) is 2.88. The molecule has 3 nitrogen and oxygen atoms in total. The van der Waals surface area contributed by atoms with E-state index in [4.69, 9.17) is 6.57 Å². The van der Waals surface area contributed by atoms with Gasteiger partial charge in [0.25, 0.3) is 0 Å². The van der Waals surface area contributed by atoms with Crippen molar-refractivity contribution >= 4 is 17.5 Å². The monoisotopic (exact) mass is 298 g/mol. The van der Waals surface area contributed by atoms with Crippen LogP contribution < -0.4 is 4.90 Å². The van der Waals surface area contributed by atoms with Gasteiger partial charge in [-0.05, 0) is 61.6 Å². The van der Waals surface area contributed by atoms with Gasteiger partial charge >= 0.3 is 0 Å². The first-order valence-corrected chi connectivity index (χ1v) is 7.66. The van der Waals surface area contributed by atoms with Crippen LogP contribution in [0, 0.1) is 34.3 Å². The van der Waals surface area contributed by atoms with E-state index in [1.807, 2.05) is 21.0 Å². The number of allylic oxidation sites excluding steroid dienone is 1. The van der Waals surface area contributed by atoms with Gasteiger partial charge in [0.05, 0.1) is 6.57 Å². The van der Waals surface area contributed by atoms with Crippen molar-refractivity contribution in [1.82, 2.24) is 0 Å². The zero-order valence-corrected chi connectivity index (χ0v) is 14.8. The molecule has 0 aromatic heterocycles. The summed E-state index contributed by atoms with van der Waals surface area (Å²) in [6.07, 6.45) is 2.97. The second-order valence-electron chi connectivity index (χ2n) is 5.97. The molecule has 0 unspecified atom stereocenters. The lowest BCUT2D eigenvalue weighted by Crippen LogP contribution is -2.14. The number of Topliss-reactive ketones (excluding diaryl/α,β-unsaturated/α-hetero) is 1. The number of carbonyl (C=O) groups is 1. The van der Waals surface area contributed by atoms with Crippen molar-refractivity contribution in [2.75, 3.05) is 19.0 Å². The smallest absolute Gasteiger partial charge is 0.229 e. The number of benzene rings is 1. The molecule has 118 valence electrons. The Morgan fingerprint density at radius 1 is 1.09 bits per heavy atom. The van der Waals surface area contributed by atoms with Gasteiger partial charge in [0.2, 0.25) is 5.70 Å². The molecule has 1 aromatic carbocycles. The fraction of sp³-hybridized carbons (Fsp3) is 0.474. The Labute approximate surface area is 134 Å². The first-order valence-electron chi connectivity index (χ1n) is 7.66. The molecule has 0 amide bonds. The molecular formula is C19H26N2O. The zero-order chi connectivity index (χ0) is 17.0. The van der Waals surface area contributed by atoms with E-state index >= 15 is 0 Å². The molecule has 0 saturated carbocycles. The van der Waals surface area contributed by atoms with Crippen LogP contribution in [-0.4, -0.2) is 19.9 Å². The summed E-state index contributed by atoms with van der Waals surface area (Å²) < 4.78 is 0. The van der Waals surface area contributed by atoms with Crippen LogP contribution in [-0.2, 0) is 4.79 Å². The molecule has 3 heteroatoms. The second-order valence-corrected chi connectivity index (χ2v) is 5.97. The second kappa shape index (κ2) is 7.26. The van der Waals surface area contributed by atoms with Gasteiger partial charge in [0.15, 0.2) is 5.78 Å². The highest BCUT2D eigenvalue weighted by atomic mass is 16.1. The summed E-state index contributed by atoms with van der Waals surface area (Å²) in [5, 5.41) is 0. The van der Waals surface area contributed by atoms with Crippen molar-refractivity contribution < 1.29 is 4.79 Å². The maximum atomic E-state index is 12.1. The minimum absolute atomic E-state index is 0.0664. The lowest BCUT2D eigenvalue weighted by Gasteiger charge is -2.24. The number of nitrogens with zero attached hydrogens (tertiary/aromatic N) is 2. The van der Waals surface area contributed by atoms with Gasteiger partial charge in [-0.1, -0.05) is 13.3 Å². The minimum Gasteiger partial charge on any atom is -0.377 e. The number of ketones is 1. The minimum atomic E-state index is -0.0664. The summed E-state index contributed by atoms with van der Waals surface area (Å²) in [6, 6.07) is 0. The van der Waals surface area contributed by atoms with Crippen LogP contribution >= 0.6 is 0 Å². The molecule has 0 heterocycles. The van der Waals surface area contributed by atoms with E-state index in [2.05, 4.69) is 37.4 Å². The summed E-state index contributed by atoms with van der Waals surface area (Å²) in [4.78, 5) is 17.6. The number of rotatable bonds is 5. The van der Waals surface area contributed by atoms with Crippen LogP contribution in [0.2, 0.25) is 0 Å². The van der Waals surface area contributed by atoms with Gasteiger partial charge < -0.3 is 9.69 Å². The number of hydrogen-bond acceptors (Lipinski definition) is 2. The number of anilines is 1. The van der Waals surface area contributed by atoms with Crippen LogP contribution in [0.1, 0.15) is 47.6 Å². The van der Waals surface area contributed by atoms with E-state index in [0.29, 0.717) is 6.42 Å². The Morgan fingerprint density at radius 3 is 1.95 bits per heavy atom. The number of hydrogen-bond donors (Lipinski definition) is 0. The molecular weight excluding hydrogens is 272 g/mol. The van der Waals surface area contributed by atoms with Gasteiger partial charge in [0.1, 0.15) is 0 Å². The van der Waals surface area contributed by atoms with Crippen LogP contribution in [0.15, 0.2) is 5.70 Å². The molecule has 0 aliphatic carbocycles. The highest BCUT2D eigenvalue weighted by Crippen LogP contribution is 2.33. The van der Waals surface area contributed by atoms with Crippen molar-refractivity contribution in [3.8, 4) is 0 Å².